The number of aromatic nitrogens is 2. The molecule has 1 amide bonds. The number of nitrogens with one attached hydrogen (secondary N) is 1. The Labute approximate surface area is 121 Å². The number of fused-ring (bicyclic) bond motifs is 1. The normalized spacial score (nSPS) is 10.7. The first-order valence-corrected chi connectivity index (χ1v) is 6.67. The smallest absolute Gasteiger partial charge is 0.251 e. The molecule has 1 heterocycles. The Balaban J connectivity index is 1.77. The molecule has 1 aromatic heterocycles. The van der Waals surface area contributed by atoms with Gasteiger partial charge in [0.2, 0.25) is 0 Å². The van der Waals surface area contributed by atoms with E-state index in [0.717, 1.165) is 0 Å². The van der Waals surface area contributed by atoms with E-state index in [1.54, 1.807) is 36.8 Å². The lowest BCUT2D eigenvalue weighted by Gasteiger charge is -2.09. The molecule has 0 spiro atoms. The molecule has 3 rings (SSSR count). The third-order valence-electron chi connectivity index (χ3n) is 3.33. The van der Waals surface area contributed by atoms with E-state index in [9.17, 15) is 9.18 Å². The number of hydrogen-bond acceptors (Lipinski definition) is 2. The second-order valence-electron chi connectivity index (χ2n) is 4.70. The summed E-state index contributed by atoms with van der Waals surface area (Å²) in [5.74, 6) is -0.521. The Bertz CT molecular complexity index is 768. The first-order valence-electron chi connectivity index (χ1n) is 6.67. The summed E-state index contributed by atoms with van der Waals surface area (Å²) in [5, 5.41) is 3.92. The monoisotopic (exact) mass is 283 g/mol. The van der Waals surface area contributed by atoms with Gasteiger partial charge >= 0.3 is 0 Å². The van der Waals surface area contributed by atoms with Crippen molar-refractivity contribution in [3.63, 3.8) is 0 Å². The molecular weight excluding hydrogens is 269 g/mol. The zero-order valence-electron chi connectivity index (χ0n) is 11.3. The highest BCUT2D eigenvalue weighted by atomic mass is 19.1. The minimum atomic E-state index is -0.319. The average molecular weight is 283 g/mol. The van der Waals surface area contributed by atoms with Crippen molar-refractivity contribution in [2.45, 2.75) is 6.54 Å². The van der Waals surface area contributed by atoms with E-state index in [4.69, 9.17) is 0 Å². The van der Waals surface area contributed by atoms with Gasteiger partial charge in [-0.15, -0.1) is 0 Å². The minimum absolute atomic E-state index is 0.202. The molecule has 0 fully saturated rings. The third kappa shape index (κ3) is 2.76. The summed E-state index contributed by atoms with van der Waals surface area (Å²) in [5.41, 5.74) is 0.484. The van der Waals surface area contributed by atoms with Crippen LogP contribution in [0.15, 0.2) is 55.1 Å². The molecule has 0 aliphatic heterocycles. The van der Waals surface area contributed by atoms with Gasteiger partial charge in [0.25, 0.3) is 5.91 Å². The zero-order valence-corrected chi connectivity index (χ0v) is 11.3. The second-order valence-corrected chi connectivity index (χ2v) is 4.70. The molecular formula is C16H14FN3O. The maximum atomic E-state index is 13.7. The van der Waals surface area contributed by atoms with Crippen molar-refractivity contribution < 1.29 is 9.18 Å². The van der Waals surface area contributed by atoms with Crippen LogP contribution in [-0.2, 0) is 6.54 Å². The maximum absolute atomic E-state index is 13.7. The Morgan fingerprint density at radius 2 is 2.00 bits per heavy atom. The SMILES string of the molecule is O=C(NCCn1ccnc1)c1ccc(F)c2ccccc12. The van der Waals surface area contributed by atoms with Gasteiger partial charge in [-0.05, 0) is 17.5 Å². The highest BCUT2D eigenvalue weighted by molar-refractivity contribution is 6.07. The predicted molar refractivity (Wildman–Crippen MR) is 78.5 cm³/mol. The number of benzene rings is 2. The van der Waals surface area contributed by atoms with Crippen molar-refractivity contribution in [1.29, 1.82) is 0 Å². The molecule has 0 atom stereocenters. The van der Waals surface area contributed by atoms with Gasteiger partial charge in [0, 0.05) is 36.4 Å². The van der Waals surface area contributed by atoms with Gasteiger partial charge in [0.05, 0.1) is 6.33 Å². The van der Waals surface area contributed by atoms with Crippen molar-refractivity contribution in [3.05, 3.63) is 66.5 Å². The molecule has 5 heteroatoms. The molecule has 4 nitrogen and oxygen atoms in total. The van der Waals surface area contributed by atoms with E-state index >= 15 is 0 Å². The third-order valence-corrected chi connectivity index (χ3v) is 3.33. The topological polar surface area (TPSA) is 46.9 Å². The molecule has 0 unspecified atom stereocenters. The predicted octanol–water partition coefficient (Wildman–Crippen LogP) is 2.61. The Hall–Kier alpha value is -2.69. The van der Waals surface area contributed by atoms with Gasteiger partial charge in [-0.2, -0.15) is 0 Å². The van der Waals surface area contributed by atoms with Crippen LogP contribution in [0.25, 0.3) is 10.8 Å². The highest BCUT2D eigenvalue weighted by Gasteiger charge is 2.11. The van der Waals surface area contributed by atoms with Crippen molar-refractivity contribution >= 4 is 16.7 Å². The van der Waals surface area contributed by atoms with Crippen molar-refractivity contribution in [2.75, 3.05) is 6.54 Å². The lowest BCUT2D eigenvalue weighted by molar-refractivity contribution is 0.0954. The van der Waals surface area contributed by atoms with Crippen LogP contribution >= 0.6 is 0 Å². The van der Waals surface area contributed by atoms with Crippen molar-refractivity contribution in [1.82, 2.24) is 14.9 Å². The Morgan fingerprint density at radius 1 is 1.19 bits per heavy atom. The van der Waals surface area contributed by atoms with Crippen LogP contribution in [0.4, 0.5) is 4.39 Å². The van der Waals surface area contributed by atoms with E-state index < -0.39 is 0 Å². The molecule has 1 N–H and O–H groups in total. The molecule has 0 aliphatic carbocycles. The van der Waals surface area contributed by atoms with Gasteiger partial charge in [-0.1, -0.05) is 24.3 Å². The van der Waals surface area contributed by atoms with Gasteiger partial charge in [0.15, 0.2) is 0 Å². The number of rotatable bonds is 4. The summed E-state index contributed by atoms with van der Waals surface area (Å²) in [6.45, 7) is 1.13. The van der Waals surface area contributed by atoms with Crippen molar-refractivity contribution in [3.8, 4) is 0 Å². The molecule has 0 bridgehead atoms. The summed E-state index contributed by atoms with van der Waals surface area (Å²) >= 11 is 0. The molecule has 0 saturated heterocycles. The van der Waals surface area contributed by atoms with Gasteiger partial charge < -0.3 is 9.88 Å². The summed E-state index contributed by atoms with van der Waals surface area (Å²) in [7, 11) is 0. The second kappa shape index (κ2) is 5.75. The fourth-order valence-corrected chi connectivity index (χ4v) is 2.27. The summed E-state index contributed by atoms with van der Waals surface area (Å²) in [4.78, 5) is 16.2. The molecule has 21 heavy (non-hydrogen) atoms. The standard InChI is InChI=1S/C16H14FN3O/c17-15-6-5-14(12-3-1-2-4-13(12)15)16(21)19-8-10-20-9-7-18-11-20/h1-7,9,11H,8,10H2,(H,19,21). The van der Waals surface area contributed by atoms with Crippen LogP contribution in [0.5, 0.6) is 0 Å². The molecule has 0 saturated carbocycles. The number of amides is 1. The fourth-order valence-electron chi connectivity index (χ4n) is 2.27. The molecule has 0 aliphatic rings. The van der Waals surface area contributed by atoms with E-state index in [0.29, 0.717) is 29.4 Å². The van der Waals surface area contributed by atoms with Gasteiger partial charge in [-0.3, -0.25) is 4.79 Å². The average Bonchev–Trinajstić information content (AvgIpc) is 3.01. The van der Waals surface area contributed by atoms with Crippen LogP contribution in [0, 0.1) is 5.82 Å². The van der Waals surface area contributed by atoms with E-state index in [1.807, 2.05) is 10.8 Å². The molecule has 3 aromatic rings. The van der Waals surface area contributed by atoms with Crippen LogP contribution in [0.2, 0.25) is 0 Å². The van der Waals surface area contributed by atoms with Crippen LogP contribution < -0.4 is 5.32 Å². The van der Waals surface area contributed by atoms with Gasteiger partial charge in [0.1, 0.15) is 5.82 Å². The summed E-state index contributed by atoms with van der Waals surface area (Å²) in [6, 6.07) is 9.82. The van der Waals surface area contributed by atoms with Crippen LogP contribution in [0.3, 0.4) is 0 Å². The van der Waals surface area contributed by atoms with E-state index in [-0.39, 0.29) is 11.7 Å². The lowest BCUT2D eigenvalue weighted by atomic mass is 10.0. The van der Waals surface area contributed by atoms with Crippen molar-refractivity contribution in [2.24, 2.45) is 0 Å². The van der Waals surface area contributed by atoms with E-state index in [1.165, 1.54) is 12.1 Å². The lowest BCUT2D eigenvalue weighted by Crippen LogP contribution is -2.27. The van der Waals surface area contributed by atoms with Crippen LogP contribution in [-0.4, -0.2) is 22.0 Å². The zero-order chi connectivity index (χ0) is 14.7. The number of carbonyl (C=O) groups excluding carboxylic acids is 1. The highest BCUT2D eigenvalue weighted by Crippen LogP contribution is 2.21. The number of nitrogens with zero attached hydrogens (tertiary/aromatic N) is 2. The first kappa shape index (κ1) is 13.3. The van der Waals surface area contributed by atoms with Gasteiger partial charge in [-0.25, -0.2) is 9.37 Å². The summed E-state index contributed by atoms with van der Waals surface area (Å²) in [6.07, 6.45) is 5.22. The molecule has 106 valence electrons. The summed E-state index contributed by atoms with van der Waals surface area (Å²) < 4.78 is 15.6. The first-order chi connectivity index (χ1) is 10.3. The fraction of sp³-hybridized carbons (Fsp3) is 0.125. The quantitative estimate of drug-likeness (QED) is 0.800. The molecule has 2 aromatic carbocycles. The van der Waals surface area contributed by atoms with Crippen LogP contribution in [0.1, 0.15) is 10.4 Å². The Kier molecular flexibility index (Phi) is 3.64. The molecule has 0 radical (unpaired) electrons. The number of imidazole rings is 1. The Morgan fingerprint density at radius 3 is 2.76 bits per heavy atom. The minimum Gasteiger partial charge on any atom is -0.350 e. The largest absolute Gasteiger partial charge is 0.350 e. The maximum Gasteiger partial charge on any atom is 0.251 e. The number of halogens is 1. The number of carbonyl (C=O) groups is 1. The number of hydrogen-bond donors (Lipinski definition) is 1. The van der Waals surface area contributed by atoms with E-state index in [2.05, 4.69) is 10.3 Å².